The van der Waals surface area contributed by atoms with Crippen LogP contribution in [0.4, 0.5) is 10.2 Å². The molecule has 0 aliphatic carbocycles. The van der Waals surface area contributed by atoms with Gasteiger partial charge in [0.25, 0.3) is 0 Å². The molecule has 2 aromatic rings. The molecular formula is C9H9BrFN3. The summed E-state index contributed by atoms with van der Waals surface area (Å²) in [6.45, 7) is 2.55. The Balaban J connectivity index is 2.85. The van der Waals surface area contributed by atoms with Crippen molar-refractivity contribution in [2.75, 3.05) is 5.73 Å². The lowest BCUT2D eigenvalue weighted by Crippen LogP contribution is -2.01. The van der Waals surface area contributed by atoms with E-state index in [1.165, 1.54) is 6.07 Å². The molecule has 0 aliphatic rings. The van der Waals surface area contributed by atoms with E-state index in [0.717, 1.165) is 0 Å². The minimum atomic E-state index is -0.353. The van der Waals surface area contributed by atoms with Gasteiger partial charge in [-0.2, -0.15) is 5.10 Å². The van der Waals surface area contributed by atoms with E-state index in [-0.39, 0.29) is 5.82 Å². The van der Waals surface area contributed by atoms with E-state index in [2.05, 4.69) is 21.0 Å². The molecule has 0 aliphatic heterocycles. The number of rotatable bonds is 1. The van der Waals surface area contributed by atoms with Crippen LogP contribution >= 0.6 is 15.9 Å². The van der Waals surface area contributed by atoms with Crippen LogP contribution in [-0.4, -0.2) is 9.78 Å². The molecule has 0 amide bonds. The summed E-state index contributed by atoms with van der Waals surface area (Å²) in [5.74, 6) is 0.149. The fraction of sp³-hybridized carbons (Fsp3) is 0.222. The van der Waals surface area contributed by atoms with Crippen LogP contribution in [0.3, 0.4) is 0 Å². The Morgan fingerprint density at radius 2 is 2.29 bits per heavy atom. The third kappa shape index (κ3) is 1.28. The molecule has 0 fully saturated rings. The maximum Gasteiger partial charge on any atom is 0.152 e. The minimum Gasteiger partial charge on any atom is -0.383 e. The van der Waals surface area contributed by atoms with Gasteiger partial charge in [-0.25, -0.2) is 9.07 Å². The van der Waals surface area contributed by atoms with Gasteiger partial charge in [0, 0.05) is 16.4 Å². The van der Waals surface area contributed by atoms with Crippen LogP contribution in [0.2, 0.25) is 0 Å². The third-order valence-electron chi connectivity index (χ3n) is 2.10. The van der Waals surface area contributed by atoms with E-state index in [1.807, 2.05) is 6.92 Å². The van der Waals surface area contributed by atoms with E-state index in [4.69, 9.17) is 5.73 Å². The van der Waals surface area contributed by atoms with Gasteiger partial charge < -0.3 is 5.73 Å². The second-order valence-electron chi connectivity index (χ2n) is 2.98. The molecule has 14 heavy (non-hydrogen) atoms. The van der Waals surface area contributed by atoms with Crippen LogP contribution in [0.5, 0.6) is 0 Å². The Hall–Kier alpha value is -1.10. The zero-order valence-electron chi connectivity index (χ0n) is 7.59. The number of halogens is 2. The Labute approximate surface area is 88.8 Å². The number of aryl methyl sites for hydroxylation is 1. The molecule has 0 atom stereocenters. The van der Waals surface area contributed by atoms with Gasteiger partial charge >= 0.3 is 0 Å². The lowest BCUT2D eigenvalue weighted by Gasteiger charge is -1.96. The van der Waals surface area contributed by atoms with Gasteiger partial charge in [0.15, 0.2) is 5.82 Å². The van der Waals surface area contributed by atoms with Crippen LogP contribution in [0, 0.1) is 5.82 Å². The van der Waals surface area contributed by atoms with Gasteiger partial charge in [0.1, 0.15) is 11.3 Å². The SMILES string of the molecule is CCn1nc2c(F)cc(Br)cc2c1N. The quantitative estimate of drug-likeness (QED) is 0.854. The van der Waals surface area contributed by atoms with Crippen molar-refractivity contribution in [3.8, 4) is 0 Å². The lowest BCUT2D eigenvalue weighted by molar-refractivity contribution is 0.624. The number of hydrogen-bond acceptors (Lipinski definition) is 2. The van der Waals surface area contributed by atoms with E-state index in [1.54, 1.807) is 10.7 Å². The number of aromatic nitrogens is 2. The van der Waals surface area contributed by atoms with E-state index < -0.39 is 0 Å². The van der Waals surface area contributed by atoms with Gasteiger partial charge in [0.05, 0.1) is 0 Å². The van der Waals surface area contributed by atoms with Gasteiger partial charge in [-0.3, -0.25) is 0 Å². The number of nitrogen functional groups attached to an aromatic ring is 1. The van der Waals surface area contributed by atoms with E-state index in [0.29, 0.717) is 27.7 Å². The molecule has 2 N–H and O–H groups in total. The molecule has 1 aromatic heterocycles. The fourth-order valence-electron chi connectivity index (χ4n) is 1.42. The normalized spacial score (nSPS) is 11.1. The Bertz CT molecular complexity index is 492. The lowest BCUT2D eigenvalue weighted by atomic mass is 10.2. The van der Waals surface area contributed by atoms with Gasteiger partial charge in [-0.1, -0.05) is 15.9 Å². The highest BCUT2D eigenvalue weighted by molar-refractivity contribution is 9.10. The van der Waals surface area contributed by atoms with Gasteiger partial charge in [-0.05, 0) is 19.1 Å². The molecule has 0 bridgehead atoms. The number of anilines is 1. The summed E-state index contributed by atoms with van der Waals surface area (Å²) >= 11 is 3.22. The van der Waals surface area contributed by atoms with Crippen molar-refractivity contribution in [3.63, 3.8) is 0 Å². The number of fused-ring (bicyclic) bond motifs is 1. The summed E-state index contributed by atoms with van der Waals surface area (Å²) in [7, 11) is 0. The van der Waals surface area contributed by atoms with E-state index in [9.17, 15) is 4.39 Å². The average Bonchev–Trinajstić information content (AvgIpc) is 2.44. The number of nitrogens with two attached hydrogens (primary N) is 1. The first-order valence-corrected chi connectivity index (χ1v) is 5.03. The molecule has 0 spiro atoms. The fourth-order valence-corrected chi connectivity index (χ4v) is 1.85. The molecule has 0 saturated heterocycles. The van der Waals surface area contributed by atoms with Crippen molar-refractivity contribution in [3.05, 3.63) is 22.4 Å². The molecule has 74 valence electrons. The highest BCUT2D eigenvalue weighted by atomic mass is 79.9. The molecule has 0 radical (unpaired) electrons. The molecule has 1 aromatic carbocycles. The standard InChI is InChI=1S/C9H9BrFN3/c1-2-14-9(12)6-3-5(10)4-7(11)8(6)13-14/h3-4H,2,12H2,1H3. The summed E-state index contributed by atoms with van der Waals surface area (Å²) in [6.07, 6.45) is 0. The van der Waals surface area contributed by atoms with Crippen molar-refractivity contribution in [1.29, 1.82) is 0 Å². The predicted molar refractivity (Wildman–Crippen MR) is 57.5 cm³/mol. The van der Waals surface area contributed by atoms with Crippen molar-refractivity contribution >= 4 is 32.7 Å². The van der Waals surface area contributed by atoms with Crippen molar-refractivity contribution < 1.29 is 4.39 Å². The Morgan fingerprint density at radius 1 is 1.57 bits per heavy atom. The summed E-state index contributed by atoms with van der Waals surface area (Å²) in [5.41, 5.74) is 6.13. The summed E-state index contributed by atoms with van der Waals surface area (Å²) in [5, 5.41) is 4.72. The second-order valence-corrected chi connectivity index (χ2v) is 3.90. The van der Waals surface area contributed by atoms with Gasteiger partial charge in [0.2, 0.25) is 0 Å². The third-order valence-corrected chi connectivity index (χ3v) is 2.56. The largest absolute Gasteiger partial charge is 0.383 e. The first kappa shape index (κ1) is 9.45. The van der Waals surface area contributed by atoms with Crippen LogP contribution in [-0.2, 0) is 6.54 Å². The summed E-state index contributed by atoms with van der Waals surface area (Å²) < 4.78 is 15.7. The molecular weight excluding hydrogens is 249 g/mol. The van der Waals surface area contributed by atoms with Crippen LogP contribution in [0.1, 0.15) is 6.92 Å². The summed E-state index contributed by atoms with van der Waals surface area (Å²) in [6, 6.07) is 3.15. The predicted octanol–water partition coefficient (Wildman–Crippen LogP) is 2.54. The molecule has 2 rings (SSSR count). The first-order valence-electron chi connectivity index (χ1n) is 4.24. The topological polar surface area (TPSA) is 43.8 Å². The number of nitrogens with zero attached hydrogens (tertiary/aromatic N) is 2. The van der Waals surface area contributed by atoms with Crippen molar-refractivity contribution in [2.24, 2.45) is 0 Å². The average molecular weight is 258 g/mol. The van der Waals surface area contributed by atoms with E-state index >= 15 is 0 Å². The van der Waals surface area contributed by atoms with Crippen molar-refractivity contribution in [2.45, 2.75) is 13.5 Å². The van der Waals surface area contributed by atoms with Crippen molar-refractivity contribution in [1.82, 2.24) is 9.78 Å². The molecule has 5 heteroatoms. The summed E-state index contributed by atoms with van der Waals surface area (Å²) in [4.78, 5) is 0. The first-order chi connectivity index (χ1) is 6.63. The molecule has 0 saturated carbocycles. The molecule has 3 nitrogen and oxygen atoms in total. The second kappa shape index (κ2) is 3.24. The highest BCUT2D eigenvalue weighted by Gasteiger charge is 2.11. The highest BCUT2D eigenvalue weighted by Crippen LogP contribution is 2.26. The molecule has 0 unspecified atom stereocenters. The van der Waals surface area contributed by atoms with Gasteiger partial charge in [-0.15, -0.1) is 0 Å². The number of benzene rings is 1. The maximum atomic E-state index is 13.4. The monoisotopic (exact) mass is 257 g/mol. The van der Waals surface area contributed by atoms with Crippen LogP contribution in [0.15, 0.2) is 16.6 Å². The molecule has 1 heterocycles. The Kier molecular flexibility index (Phi) is 2.19. The zero-order chi connectivity index (χ0) is 10.3. The van der Waals surface area contributed by atoms with Crippen LogP contribution < -0.4 is 5.73 Å². The maximum absolute atomic E-state index is 13.4. The zero-order valence-corrected chi connectivity index (χ0v) is 9.18. The van der Waals surface area contributed by atoms with Crippen LogP contribution in [0.25, 0.3) is 10.9 Å². The minimum absolute atomic E-state index is 0.326. The number of hydrogen-bond donors (Lipinski definition) is 1. The Morgan fingerprint density at radius 3 is 2.93 bits per heavy atom. The smallest absolute Gasteiger partial charge is 0.152 e.